The molecule has 0 aliphatic heterocycles. The van der Waals surface area contributed by atoms with Crippen molar-refractivity contribution in [3.05, 3.63) is 48.0 Å². The molecule has 0 saturated carbocycles. The van der Waals surface area contributed by atoms with Crippen molar-refractivity contribution in [2.45, 2.75) is 13.0 Å². The molecule has 1 amide bonds. The summed E-state index contributed by atoms with van der Waals surface area (Å²) < 4.78 is 12.0. The minimum atomic E-state index is -0.0748. The second kappa shape index (κ2) is 9.70. The molecule has 0 atom stereocenters. The lowest BCUT2D eigenvalue weighted by molar-refractivity contribution is 0.0688. The van der Waals surface area contributed by atoms with Gasteiger partial charge in [0.05, 0.1) is 19.8 Å². The molecule has 0 radical (unpaired) electrons. The van der Waals surface area contributed by atoms with E-state index in [1.807, 2.05) is 24.3 Å². The summed E-state index contributed by atoms with van der Waals surface area (Å²) in [5.41, 5.74) is 1.71. The fourth-order valence-electron chi connectivity index (χ4n) is 1.99. The fourth-order valence-corrected chi connectivity index (χ4v) is 1.99. The van der Waals surface area contributed by atoms with Gasteiger partial charge in [0.2, 0.25) is 0 Å². The summed E-state index contributed by atoms with van der Waals surface area (Å²) in [7, 11) is 1.64. The highest BCUT2D eigenvalue weighted by molar-refractivity contribution is 5.94. The summed E-state index contributed by atoms with van der Waals surface area (Å²) >= 11 is 0. The zero-order valence-corrected chi connectivity index (χ0v) is 13.3. The van der Waals surface area contributed by atoms with Crippen LogP contribution in [0.3, 0.4) is 0 Å². The van der Waals surface area contributed by atoms with E-state index in [0.29, 0.717) is 38.5 Å². The van der Waals surface area contributed by atoms with Gasteiger partial charge in [0.1, 0.15) is 12.7 Å². The highest BCUT2D eigenvalue weighted by Crippen LogP contribution is 2.06. The predicted molar refractivity (Wildman–Crippen MR) is 85.2 cm³/mol. The average molecular weight is 318 g/mol. The lowest BCUT2D eigenvalue weighted by Crippen LogP contribution is -2.25. The maximum Gasteiger partial charge on any atom is 0.251 e. The van der Waals surface area contributed by atoms with Gasteiger partial charge in [0.25, 0.3) is 5.91 Å². The Kier molecular flexibility index (Phi) is 7.22. The molecule has 0 aliphatic rings. The molecule has 0 bridgehead atoms. The van der Waals surface area contributed by atoms with Crippen LogP contribution in [0.25, 0.3) is 0 Å². The van der Waals surface area contributed by atoms with E-state index in [2.05, 4.69) is 15.4 Å². The van der Waals surface area contributed by atoms with Gasteiger partial charge >= 0.3 is 0 Å². The number of carbonyl (C=O) groups excluding carboxylic acids is 1. The van der Waals surface area contributed by atoms with E-state index in [-0.39, 0.29) is 5.91 Å². The molecule has 1 aromatic heterocycles. The van der Waals surface area contributed by atoms with Crippen molar-refractivity contribution in [1.29, 1.82) is 0 Å². The lowest BCUT2D eigenvalue weighted by Gasteiger charge is -2.07. The van der Waals surface area contributed by atoms with E-state index < -0.39 is 0 Å². The summed E-state index contributed by atoms with van der Waals surface area (Å²) in [6.45, 7) is 3.01. The van der Waals surface area contributed by atoms with Gasteiger partial charge in [0.15, 0.2) is 0 Å². The first-order valence-electron chi connectivity index (χ1n) is 7.56. The number of aromatic nitrogens is 3. The van der Waals surface area contributed by atoms with Crippen LogP contribution in [0.5, 0.6) is 0 Å². The number of methoxy groups -OCH3 is 1. The summed E-state index contributed by atoms with van der Waals surface area (Å²) in [6, 6.07) is 7.47. The van der Waals surface area contributed by atoms with Gasteiger partial charge in [-0.3, -0.25) is 4.79 Å². The van der Waals surface area contributed by atoms with Crippen molar-refractivity contribution < 1.29 is 14.3 Å². The Bertz CT molecular complexity index is 570. The van der Waals surface area contributed by atoms with E-state index in [4.69, 9.17) is 9.47 Å². The van der Waals surface area contributed by atoms with Crippen molar-refractivity contribution in [3.8, 4) is 0 Å². The fraction of sp³-hybridized carbons (Fsp3) is 0.438. The maximum atomic E-state index is 12.0. The van der Waals surface area contributed by atoms with E-state index >= 15 is 0 Å². The van der Waals surface area contributed by atoms with Crippen LogP contribution in [-0.4, -0.2) is 54.1 Å². The number of hydrogen-bond donors (Lipinski definition) is 1. The number of nitrogens with one attached hydrogen (secondary N) is 1. The standard InChI is InChI=1S/C16H22N4O3/c1-22-9-10-23-8-2-7-18-16(21)15-5-3-14(4-6-15)11-20-13-17-12-19-20/h3-6,12-13H,2,7-11H2,1H3,(H,18,21). The first-order valence-corrected chi connectivity index (χ1v) is 7.56. The molecule has 7 nitrogen and oxygen atoms in total. The molecule has 2 rings (SSSR count). The highest BCUT2D eigenvalue weighted by atomic mass is 16.5. The van der Waals surface area contributed by atoms with Crippen LogP contribution in [0, 0.1) is 0 Å². The SMILES string of the molecule is COCCOCCCNC(=O)c1ccc(Cn2cncn2)cc1. The quantitative estimate of drug-likeness (QED) is 0.664. The molecule has 0 fully saturated rings. The highest BCUT2D eigenvalue weighted by Gasteiger charge is 2.05. The lowest BCUT2D eigenvalue weighted by atomic mass is 10.1. The number of nitrogens with zero attached hydrogens (tertiary/aromatic N) is 3. The van der Waals surface area contributed by atoms with Gasteiger partial charge < -0.3 is 14.8 Å². The van der Waals surface area contributed by atoms with Gasteiger partial charge in [-0.2, -0.15) is 5.10 Å². The minimum absolute atomic E-state index is 0.0748. The van der Waals surface area contributed by atoms with Crippen molar-refractivity contribution in [1.82, 2.24) is 20.1 Å². The maximum absolute atomic E-state index is 12.0. The molecule has 1 heterocycles. The van der Waals surface area contributed by atoms with E-state index in [0.717, 1.165) is 12.0 Å². The molecule has 0 unspecified atom stereocenters. The Morgan fingerprint density at radius 3 is 2.74 bits per heavy atom. The van der Waals surface area contributed by atoms with Crippen molar-refractivity contribution in [2.24, 2.45) is 0 Å². The van der Waals surface area contributed by atoms with E-state index in [9.17, 15) is 4.79 Å². The van der Waals surface area contributed by atoms with Crippen molar-refractivity contribution >= 4 is 5.91 Å². The van der Waals surface area contributed by atoms with Crippen LogP contribution in [0.15, 0.2) is 36.9 Å². The molecule has 0 spiro atoms. The minimum Gasteiger partial charge on any atom is -0.382 e. The van der Waals surface area contributed by atoms with Gasteiger partial charge in [-0.1, -0.05) is 12.1 Å². The monoisotopic (exact) mass is 318 g/mol. The van der Waals surface area contributed by atoms with Gasteiger partial charge in [0, 0.05) is 25.8 Å². The molecular weight excluding hydrogens is 296 g/mol. The van der Waals surface area contributed by atoms with Crippen molar-refractivity contribution in [2.75, 3.05) is 33.5 Å². The second-order valence-electron chi connectivity index (χ2n) is 5.00. The van der Waals surface area contributed by atoms with Crippen LogP contribution in [0.4, 0.5) is 0 Å². The zero-order valence-electron chi connectivity index (χ0n) is 13.3. The first kappa shape index (κ1) is 17.1. The normalized spacial score (nSPS) is 10.7. The number of ether oxygens (including phenoxy) is 2. The number of carbonyl (C=O) groups is 1. The molecule has 7 heteroatoms. The van der Waals surface area contributed by atoms with Crippen molar-refractivity contribution in [3.63, 3.8) is 0 Å². The second-order valence-corrected chi connectivity index (χ2v) is 5.00. The number of benzene rings is 1. The summed E-state index contributed by atoms with van der Waals surface area (Å²) in [6.07, 6.45) is 3.94. The Morgan fingerprint density at radius 2 is 2.04 bits per heavy atom. The van der Waals surface area contributed by atoms with Crippen LogP contribution < -0.4 is 5.32 Å². The van der Waals surface area contributed by atoms with Crippen LogP contribution in [0.1, 0.15) is 22.3 Å². The first-order chi connectivity index (χ1) is 11.3. The third-order valence-corrected chi connectivity index (χ3v) is 3.21. The summed E-state index contributed by atoms with van der Waals surface area (Å²) in [4.78, 5) is 15.9. The molecule has 1 aromatic carbocycles. The molecule has 0 saturated heterocycles. The van der Waals surface area contributed by atoms with E-state index in [1.165, 1.54) is 6.33 Å². The third-order valence-electron chi connectivity index (χ3n) is 3.21. The number of amides is 1. The smallest absolute Gasteiger partial charge is 0.251 e. The Hall–Kier alpha value is -2.25. The Balaban J connectivity index is 1.68. The molecule has 2 aromatic rings. The Labute approximate surface area is 135 Å². The largest absolute Gasteiger partial charge is 0.382 e. The number of hydrogen-bond acceptors (Lipinski definition) is 5. The van der Waals surface area contributed by atoms with Gasteiger partial charge in [-0.25, -0.2) is 9.67 Å². The summed E-state index contributed by atoms with van der Waals surface area (Å²) in [5, 5.41) is 6.93. The zero-order chi connectivity index (χ0) is 16.3. The molecule has 23 heavy (non-hydrogen) atoms. The predicted octanol–water partition coefficient (Wildman–Crippen LogP) is 1.11. The van der Waals surface area contributed by atoms with Crippen LogP contribution in [-0.2, 0) is 16.0 Å². The van der Waals surface area contributed by atoms with Gasteiger partial charge in [-0.15, -0.1) is 0 Å². The van der Waals surface area contributed by atoms with E-state index in [1.54, 1.807) is 18.1 Å². The molecule has 124 valence electrons. The Morgan fingerprint density at radius 1 is 1.22 bits per heavy atom. The third kappa shape index (κ3) is 6.17. The molecule has 1 N–H and O–H groups in total. The van der Waals surface area contributed by atoms with Gasteiger partial charge in [-0.05, 0) is 24.1 Å². The number of rotatable bonds is 10. The topological polar surface area (TPSA) is 78.3 Å². The molecular formula is C16H22N4O3. The average Bonchev–Trinajstić information content (AvgIpc) is 3.07. The van der Waals surface area contributed by atoms with Crippen LogP contribution in [0.2, 0.25) is 0 Å². The van der Waals surface area contributed by atoms with Crippen LogP contribution >= 0.6 is 0 Å². The summed E-state index contributed by atoms with van der Waals surface area (Å²) in [5.74, 6) is -0.0748. The molecule has 0 aliphatic carbocycles.